The average molecular weight is 293 g/mol. The SMILES string of the molecule is CCC1(OC(=O)NCCC2CCCC=C2C)CCCCC1. The van der Waals surface area contributed by atoms with Gasteiger partial charge in [-0.15, -0.1) is 0 Å². The zero-order valence-corrected chi connectivity index (χ0v) is 13.7. The molecule has 1 unspecified atom stereocenters. The maximum atomic E-state index is 12.1. The van der Waals surface area contributed by atoms with Crippen LogP contribution in [0.5, 0.6) is 0 Å². The first-order valence-corrected chi connectivity index (χ1v) is 8.79. The second kappa shape index (κ2) is 7.86. The van der Waals surface area contributed by atoms with E-state index in [1.165, 1.54) is 44.1 Å². The fraction of sp³-hybridized carbons (Fsp3) is 0.833. The van der Waals surface area contributed by atoms with Crippen molar-refractivity contribution in [3.8, 4) is 0 Å². The largest absolute Gasteiger partial charge is 0.443 e. The van der Waals surface area contributed by atoms with Crippen molar-refractivity contribution in [2.45, 2.75) is 83.7 Å². The molecule has 3 heteroatoms. The molecule has 0 aromatic heterocycles. The molecule has 1 amide bonds. The molecule has 1 saturated carbocycles. The van der Waals surface area contributed by atoms with E-state index in [2.05, 4.69) is 25.2 Å². The van der Waals surface area contributed by atoms with E-state index in [0.717, 1.165) is 32.2 Å². The Balaban J connectivity index is 1.71. The molecule has 0 aliphatic heterocycles. The number of carbonyl (C=O) groups is 1. The first-order valence-electron chi connectivity index (χ1n) is 8.79. The maximum absolute atomic E-state index is 12.1. The van der Waals surface area contributed by atoms with Gasteiger partial charge in [0.05, 0.1) is 0 Å². The van der Waals surface area contributed by atoms with E-state index in [0.29, 0.717) is 5.92 Å². The molecule has 0 aromatic carbocycles. The lowest BCUT2D eigenvalue weighted by molar-refractivity contribution is -0.0194. The molecular formula is C18H31NO2. The van der Waals surface area contributed by atoms with Gasteiger partial charge in [-0.25, -0.2) is 4.79 Å². The molecule has 0 aromatic rings. The Labute approximate surface area is 129 Å². The standard InChI is InChI=1S/C18H31NO2/c1-3-18(12-7-4-8-13-18)21-17(20)19-14-11-16-10-6-5-9-15(16)2/h9,16H,3-8,10-14H2,1-2H3,(H,19,20). The lowest BCUT2D eigenvalue weighted by Gasteiger charge is -2.35. The minimum Gasteiger partial charge on any atom is -0.443 e. The maximum Gasteiger partial charge on any atom is 0.407 e. The van der Waals surface area contributed by atoms with Gasteiger partial charge in [0.1, 0.15) is 5.60 Å². The molecule has 2 aliphatic rings. The predicted octanol–water partition coefficient (Wildman–Crippen LogP) is 4.96. The number of ether oxygens (including phenoxy) is 1. The highest BCUT2D eigenvalue weighted by atomic mass is 16.6. The van der Waals surface area contributed by atoms with Crippen molar-refractivity contribution in [3.05, 3.63) is 11.6 Å². The predicted molar refractivity (Wildman–Crippen MR) is 86.3 cm³/mol. The van der Waals surface area contributed by atoms with Crippen LogP contribution in [0.2, 0.25) is 0 Å². The molecule has 0 heterocycles. The zero-order chi connectivity index (χ0) is 15.1. The molecule has 3 nitrogen and oxygen atoms in total. The van der Waals surface area contributed by atoms with Gasteiger partial charge in [-0.2, -0.15) is 0 Å². The Morgan fingerprint density at radius 1 is 1.33 bits per heavy atom. The summed E-state index contributed by atoms with van der Waals surface area (Å²) in [6, 6.07) is 0. The van der Waals surface area contributed by atoms with Gasteiger partial charge in [0, 0.05) is 6.54 Å². The Hall–Kier alpha value is -0.990. The van der Waals surface area contributed by atoms with Gasteiger partial charge in [0.25, 0.3) is 0 Å². The number of amides is 1. The Morgan fingerprint density at radius 2 is 2.10 bits per heavy atom. The van der Waals surface area contributed by atoms with Crippen molar-refractivity contribution in [2.24, 2.45) is 5.92 Å². The summed E-state index contributed by atoms with van der Waals surface area (Å²) in [7, 11) is 0. The van der Waals surface area contributed by atoms with Crippen LogP contribution in [-0.2, 0) is 4.74 Å². The number of carbonyl (C=O) groups excluding carboxylic acids is 1. The Morgan fingerprint density at radius 3 is 2.76 bits per heavy atom. The average Bonchev–Trinajstić information content (AvgIpc) is 2.50. The quantitative estimate of drug-likeness (QED) is 0.727. The molecule has 1 atom stereocenters. The summed E-state index contributed by atoms with van der Waals surface area (Å²) in [5.41, 5.74) is 1.30. The normalized spacial score (nSPS) is 25.0. The van der Waals surface area contributed by atoms with E-state index in [-0.39, 0.29) is 11.7 Å². The van der Waals surface area contributed by atoms with Crippen LogP contribution in [0.3, 0.4) is 0 Å². The molecule has 0 bridgehead atoms. The van der Waals surface area contributed by atoms with Crippen molar-refractivity contribution in [3.63, 3.8) is 0 Å². The fourth-order valence-electron chi connectivity index (χ4n) is 3.77. The van der Waals surface area contributed by atoms with Crippen molar-refractivity contribution >= 4 is 6.09 Å². The van der Waals surface area contributed by atoms with Gasteiger partial charge in [0.15, 0.2) is 0 Å². The molecule has 120 valence electrons. The molecule has 21 heavy (non-hydrogen) atoms. The molecule has 0 radical (unpaired) electrons. The smallest absolute Gasteiger partial charge is 0.407 e. The van der Waals surface area contributed by atoms with Crippen molar-refractivity contribution in [1.29, 1.82) is 0 Å². The number of alkyl carbamates (subject to hydrolysis) is 1. The van der Waals surface area contributed by atoms with Crippen LogP contribution in [0.25, 0.3) is 0 Å². The highest BCUT2D eigenvalue weighted by Gasteiger charge is 2.34. The van der Waals surface area contributed by atoms with Gasteiger partial charge < -0.3 is 10.1 Å². The monoisotopic (exact) mass is 293 g/mol. The molecular weight excluding hydrogens is 262 g/mol. The summed E-state index contributed by atoms with van der Waals surface area (Å²) in [4.78, 5) is 12.1. The summed E-state index contributed by atoms with van der Waals surface area (Å²) in [5.74, 6) is 0.647. The highest BCUT2D eigenvalue weighted by molar-refractivity contribution is 5.67. The molecule has 0 saturated heterocycles. The van der Waals surface area contributed by atoms with Crippen LogP contribution in [0, 0.1) is 5.92 Å². The molecule has 2 rings (SSSR count). The van der Waals surface area contributed by atoms with Crippen LogP contribution < -0.4 is 5.32 Å². The summed E-state index contributed by atoms with van der Waals surface area (Å²) < 4.78 is 5.78. The van der Waals surface area contributed by atoms with Crippen LogP contribution in [0.4, 0.5) is 4.79 Å². The lowest BCUT2D eigenvalue weighted by Crippen LogP contribution is -2.40. The van der Waals surface area contributed by atoms with E-state index in [4.69, 9.17) is 4.74 Å². The molecule has 0 spiro atoms. The van der Waals surface area contributed by atoms with Crippen LogP contribution in [-0.4, -0.2) is 18.2 Å². The molecule has 2 aliphatic carbocycles. The van der Waals surface area contributed by atoms with E-state index in [1.54, 1.807) is 0 Å². The lowest BCUT2D eigenvalue weighted by atomic mass is 9.83. The van der Waals surface area contributed by atoms with Crippen molar-refractivity contribution < 1.29 is 9.53 Å². The summed E-state index contributed by atoms with van der Waals surface area (Å²) >= 11 is 0. The third-order valence-corrected chi connectivity index (χ3v) is 5.35. The minimum atomic E-state index is -0.212. The van der Waals surface area contributed by atoms with Gasteiger partial charge in [-0.3, -0.25) is 0 Å². The second-order valence-electron chi connectivity index (χ2n) is 6.78. The number of allylic oxidation sites excluding steroid dienone is 2. The van der Waals surface area contributed by atoms with Crippen molar-refractivity contribution in [1.82, 2.24) is 5.32 Å². The fourth-order valence-corrected chi connectivity index (χ4v) is 3.77. The highest BCUT2D eigenvalue weighted by Crippen LogP contribution is 2.34. The van der Waals surface area contributed by atoms with E-state index >= 15 is 0 Å². The van der Waals surface area contributed by atoms with Crippen LogP contribution in [0.1, 0.15) is 78.1 Å². The topological polar surface area (TPSA) is 38.3 Å². The van der Waals surface area contributed by atoms with Gasteiger partial charge in [0.2, 0.25) is 0 Å². The Bertz CT molecular complexity index is 369. The third kappa shape index (κ3) is 4.76. The van der Waals surface area contributed by atoms with Crippen molar-refractivity contribution in [2.75, 3.05) is 6.54 Å². The van der Waals surface area contributed by atoms with E-state index in [9.17, 15) is 4.79 Å². The Kier molecular flexibility index (Phi) is 6.13. The van der Waals surface area contributed by atoms with Gasteiger partial charge in [-0.05, 0) is 70.6 Å². The minimum absolute atomic E-state index is 0.191. The summed E-state index contributed by atoms with van der Waals surface area (Å²) in [5, 5.41) is 2.97. The number of hydrogen-bond donors (Lipinski definition) is 1. The van der Waals surface area contributed by atoms with Crippen LogP contribution in [0.15, 0.2) is 11.6 Å². The molecule has 1 N–H and O–H groups in total. The number of nitrogens with one attached hydrogen (secondary N) is 1. The first-order chi connectivity index (χ1) is 10.2. The van der Waals surface area contributed by atoms with E-state index < -0.39 is 0 Å². The summed E-state index contributed by atoms with van der Waals surface area (Å²) in [6.45, 7) is 5.08. The summed E-state index contributed by atoms with van der Waals surface area (Å²) in [6.07, 6.45) is 13.6. The number of rotatable bonds is 5. The molecule has 1 fully saturated rings. The number of hydrogen-bond acceptors (Lipinski definition) is 2. The third-order valence-electron chi connectivity index (χ3n) is 5.35. The van der Waals surface area contributed by atoms with E-state index in [1.807, 2.05) is 0 Å². The van der Waals surface area contributed by atoms with Gasteiger partial charge in [-0.1, -0.05) is 25.0 Å². The first kappa shape index (κ1) is 16.4. The zero-order valence-electron chi connectivity index (χ0n) is 13.7. The van der Waals surface area contributed by atoms with Crippen LogP contribution >= 0.6 is 0 Å². The van der Waals surface area contributed by atoms with Gasteiger partial charge >= 0.3 is 6.09 Å². The second-order valence-corrected chi connectivity index (χ2v) is 6.78.